The monoisotopic (exact) mass is 474 g/mol. The molecule has 0 bridgehead atoms. The number of nitrogens with zero attached hydrogens (tertiary/aromatic N) is 2. The Morgan fingerprint density at radius 2 is 1.85 bits per heavy atom. The molecule has 7 nitrogen and oxygen atoms in total. The van der Waals surface area contributed by atoms with Gasteiger partial charge in [0.15, 0.2) is 17.2 Å². The maximum absolute atomic E-state index is 13.7. The molecule has 3 rings (SSSR count). The zero-order valence-electron chi connectivity index (χ0n) is 18.4. The van der Waals surface area contributed by atoms with Crippen molar-refractivity contribution in [2.24, 2.45) is 5.10 Å². The lowest BCUT2D eigenvalue weighted by Crippen LogP contribution is -2.25. The molecule has 0 spiro atoms. The first-order valence-electron chi connectivity index (χ1n) is 10.1. The van der Waals surface area contributed by atoms with Crippen LogP contribution in [-0.4, -0.2) is 44.1 Å². The Kier molecular flexibility index (Phi) is 7.40. The van der Waals surface area contributed by atoms with E-state index in [0.29, 0.717) is 10.8 Å². The molecule has 0 saturated heterocycles. The normalized spacial score (nSPS) is 14.7. The van der Waals surface area contributed by atoms with Gasteiger partial charge in [-0.25, -0.2) is 4.79 Å². The fraction of sp³-hybridized carbons (Fsp3) is 0.208. The van der Waals surface area contributed by atoms with E-state index >= 15 is 0 Å². The van der Waals surface area contributed by atoms with Gasteiger partial charge < -0.3 is 14.2 Å². The SMILES string of the molecule is C=CCOc1ccc(/C=C2\C(=O)N(c3ccc(C(=O)OCC)cc3)N=C2C(F)(F)F)cc1OC. The maximum atomic E-state index is 13.7. The highest BCUT2D eigenvalue weighted by atomic mass is 19.4. The summed E-state index contributed by atoms with van der Waals surface area (Å²) in [7, 11) is 1.39. The van der Waals surface area contributed by atoms with E-state index in [4.69, 9.17) is 14.2 Å². The Hall–Kier alpha value is -4.08. The largest absolute Gasteiger partial charge is 0.493 e. The molecule has 0 aromatic heterocycles. The van der Waals surface area contributed by atoms with Crippen molar-refractivity contribution in [2.75, 3.05) is 25.3 Å². The molecule has 0 unspecified atom stereocenters. The Morgan fingerprint density at radius 1 is 1.15 bits per heavy atom. The van der Waals surface area contributed by atoms with Crippen molar-refractivity contribution >= 4 is 29.4 Å². The number of amides is 1. The summed E-state index contributed by atoms with van der Waals surface area (Å²) in [5.41, 5.74) is -1.43. The number of hydrogen-bond donors (Lipinski definition) is 0. The molecule has 1 aliphatic heterocycles. The summed E-state index contributed by atoms with van der Waals surface area (Å²) in [6.07, 6.45) is -2.26. The zero-order chi connectivity index (χ0) is 24.9. The molecule has 0 fully saturated rings. The van der Waals surface area contributed by atoms with Gasteiger partial charge in [0.2, 0.25) is 0 Å². The fourth-order valence-corrected chi connectivity index (χ4v) is 3.09. The van der Waals surface area contributed by atoms with Gasteiger partial charge in [0.25, 0.3) is 5.91 Å². The number of rotatable bonds is 8. The quantitative estimate of drug-likeness (QED) is 0.313. The van der Waals surface area contributed by atoms with Crippen molar-refractivity contribution in [1.82, 2.24) is 0 Å². The highest BCUT2D eigenvalue weighted by molar-refractivity contribution is 6.34. The third kappa shape index (κ3) is 5.28. The minimum Gasteiger partial charge on any atom is -0.493 e. The molecule has 178 valence electrons. The van der Waals surface area contributed by atoms with Crippen LogP contribution < -0.4 is 14.5 Å². The van der Waals surface area contributed by atoms with Crippen LogP contribution >= 0.6 is 0 Å². The van der Waals surface area contributed by atoms with Crippen molar-refractivity contribution in [1.29, 1.82) is 0 Å². The van der Waals surface area contributed by atoms with Crippen molar-refractivity contribution in [2.45, 2.75) is 13.1 Å². The van der Waals surface area contributed by atoms with Gasteiger partial charge in [-0.05, 0) is 55.0 Å². The number of anilines is 1. The number of esters is 1. The second-order valence-electron chi connectivity index (χ2n) is 6.90. The van der Waals surface area contributed by atoms with Gasteiger partial charge in [0.1, 0.15) is 6.61 Å². The number of hydrogen-bond acceptors (Lipinski definition) is 6. The van der Waals surface area contributed by atoms with Gasteiger partial charge >= 0.3 is 12.1 Å². The molecule has 1 aliphatic rings. The van der Waals surface area contributed by atoms with E-state index in [1.165, 1.54) is 55.7 Å². The van der Waals surface area contributed by atoms with Crippen LogP contribution in [0.1, 0.15) is 22.8 Å². The Morgan fingerprint density at radius 3 is 2.44 bits per heavy atom. The second-order valence-corrected chi connectivity index (χ2v) is 6.90. The number of benzene rings is 2. The molecule has 0 N–H and O–H groups in total. The second kappa shape index (κ2) is 10.2. The predicted molar refractivity (Wildman–Crippen MR) is 120 cm³/mol. The molecule has 2 aromatic rings. The highest BCUT2D eigenvalue weighted by Gasteiger charge is 2.46. The molecule has 34 heavy (non-hydrogen) atoms. The summed E-state index contributed by atoms with van der Waals surface area (Å²) >= 11 is 0. The molecule has 1 amide bonds. The lowest BCUT2D eigenvalue weighted by Gasteiger charge is -2.12. The Balaban J connectivity index is 1.97. The number of hydrazone groups is 1. The van der Waals surface area contributed by atoms with Gasteiger partial charge in [0, 0.05) is 0 Å². The summed E-state index contributed by atoms with van der Waals surface area (Å²) in [4.78, 5) is 24.7. The van der Waals surface area contributed by atoms with E-state index in [1.54, 1.807) is 6.92 Å². The van der Waals surface area contributed by atoms with Gasteiger partial charge in [0.05, 0.1) is 30.5 Å². The topological polar surface area (TPSA) is 77.4 Å². The maximum Gasteiger partial charge on any atom is 0.435 e. The smallest absolute Gasteiger partial charge is 0.435 e. The number of halogens is 3. The van der Waals surface area contributed by atoms with Crippen molar-refractivity contribution in [3.05, 3.63) is 71.8 Å². The van der Waals surface area contributed by atoms with Crippen LogP contribution in [0.5, 0.6) is 11.5 Å². The van der Waals surface area contributed by atoms with E-state index in [9.17, 15) is 22.8 Å². The van der Waals surface area contributed by atoms with E-state index in [-0.39, 0.29) is 35.8 Å². The zero-order valence-corrected chi connectivity index (χ0v) is 18.4. The van der Waals surface area contributed by atoms with Crippen LogP contribution in [0.25, 0.3) is 6.08 Å². The number of carbonyl (C=O) groups is 2. The summed E-state index contributed by atoms with van der Waals surface area (Å²) in [5.74, 6) is -0.910. The number of alkyl halides is 3. The third-order valence-corrected chi connectivity index (χ3v) is 4.62. The number of carbonyl (C=O) groups excluding carboxylic acids is 2. The Bertz CT molecular complexity index is 1150. The molecule has 0 aliphatic carbocycles. The van der Waals surface area contributed by atoms with Crippen LogP contribution in [0, 0.1) is 0 Å². The van der Waals surface area contributed by atoms with Crippen LogP contribution in [0.2, 0.25) is 0 Å². The first kappa shape index (κ1) is 24.6. The minimum atomic E-state index is -4.88. The van der Waals surface area contributed by atoms with Gasteiger partial charge in [-0.1, -0.05) is 18.7 Å². The number of methoxy groups -OCH3 is 1. The lowest BCUT2D eigenvalue weighted by atomic mass is 10.1. The van der Waals surface area contributed by atoms with Crippen LogP contribution in [-0.2, 0) is 9.53 Å². The molecule has 1 heterocycles. The van der Waals surface area contributed by atoms with E-state index in [1.807, 2.05) is 0 Å². The third-order valence-electron chi connectivity index (χ3n) is 4.62. The fourth-order valence-electron chi connectivity index (χ4n) is 3.09. The van der Waals surface area contributed by atoms with Gasteiger partial charge in [-0.2, -0.15) is 23.3 Å². The molecule has 0 atom stereocenters. The average Bonchev–Trinajstić information content (AvgIpc) is 3.14. The summed E-state index contributed by atoms with van der Waals surface area (Å²) in [6.45, 7) is 5.58. The molecular formula is C24H21F3N2O5. The van der Waals surface area contributed by atoms with E-state index < -0.39 is 29.3 Å². The summed E-state index contributed by atoms with van der Waals surface area (Å²) < 4.78 is 56.7. The van der Waals surface area contributed by atoms with Crippen LogP contribution in [0.15, 0.2) is 65.8 Å². The first-order valence-corrected chi connectivity index (χ1v) is 10.1. The molecule has 10 heteroatoms. The first-order chi connectivity index (χ1) is 16.2. The Labute approximate surface area is 193 Å². The number of ether oxygens (including phenoxy) is 3. The van der Waals surface area contributed by atoms with E-state index in [0.717, 1.165) is 6.08 Å². The minimum absolute atomic E-state index is 0.0638. The molecular weight excluding hydrogens is 453 g/mol. The summed E-state index contributed by atoms with van der Waals surface area (Å²) in [5, 5.41) is 4.16. The standard InChI is InChI=1S/C24H21F3N2O5/c1-4-12-34-19-11-6-15(14-20(19)32-3)13-18-21(24(25,26)27)28-29(22(18)30)17-9-7-16(8-10-17)23(31)33-5-2/h4,6-11,13-14H,1,5,12H2,2-3H3/b18-13-. The predicted octanol–water partition coefficient (Wildman–Crippen LogP) is 4.79. The summed E-state index contributed by atoms with van der Waals surface area (Å²) in [6, 6.07) is 9.79. The molecule has 0 saturated carbocycles. The van der Waals surface area contributed by atoms with Gasteiger partial charge in [-0.15, -0.1) is 0 Å². The average molecular weight is 474 g/mol. The van der Waals surface area contributed by atoms with Crippen molar-refractivity contribution in [3.63, 3.8) is 0 Å². The molecule has 2 aromatic carbocycles. The highest BCUT2D eigenvalue weighted by Crippen LogP contribution is 2.34. The van der Waals surface area contributed by atoms with Crippen LogP contribution in [0.3, 0.4) is 0 Å². The van der Waals surface area contributed by atoms with Crippen LogP contribution in [0.4, 0.5) is 18.9 Å². The van der Waals surface area contributed by atoms with E-state index in [2.05, 4.69) is 11.7 Å². The van der Waals surface area contributed by atoms with Crippen molar-refractivity contribution in [3.8, 4) is 11.5 Å². The lowest BCUT2D eigenvalue weighted by molar-refractivity contribution is -0.114. The van der Waals surface area contributed by atoms with Crippen molar-refractivity contribution < 1.29 is 37.0 Å². The van der Waals surface area contributed by atoms with Gasteiger partial charge in [-0.3, -0.25) is 4.79 Å². The molecule has 0 radical (unpaired) electrons.